The monoisotopic (exact) mass is 301 g/mol. The number of benzene rings is 1. The number of carbonyl (C=O) groups excluding carboxylic acids is 2. The molecule has 0 aliphatic carbocycles. The van der Waals surface area contributed by atoms with Gasteiger partial charge in [-0.15, -0.1) is 11.3 Å². The normalized spacial score (nSPS) is 16.1. The summed E-state index contributed by atoms with van der Waals surface area (Å²) in [7, 11) is 0. The van der Waals surface area contributed by atoms with Crippen molar-refractivity contribution in [2.24, 2.45) is 0 Å². The number of Topliss-reactive ketones (excluding diaryl/α,β-unsaturated/α-hetero) is 1. The van der Waals surface area contributed by atoms with Gasteiger partial charge >= 0.3 is 0 Å². The van der Waals surface area contributed by atoms with E-state index in [9.17, 15) is 9.59 Å². The number of rotatable bonds is 4. The first-order valence-corrected chi connectivity index (χ1v) is 7.60. The number of ketones is 1. The van der Waals surface area contributed by atoms with E-state index in [0.717, 1.165) is 12.2 Å². The van der Waals surface area contributed by atoms with E-state index in [4.69, 9.17) is 0 Å². The molecule has 6 heteroatoms. The molecule has 21 heavy (non-hydrogen) atoms. The predicted molar refractivity (Wildman–Crippen MR) is 83.0 cm³/mol. The lowest BCUT2D eigenvalue weighted by molar-refractivity contribution is -0.116. The van der Waals surface area contributed by atoms with Crippen LogP contribution in [0.15, 0.2) is 29.6 Å². The minimum Gasteiger partial charge on any atom is -0.384 e. The Hall–Kier alpha value is -2.21. The number of aromatic nitrogens is 1. The smallest absolute Gasteiger partial charge is 0.226 e. The fourth-order valence-corrected chi connectivity index (χ4v) is 3.19. The fourth-order valence-electron chi connectivity index (χ4n) is 2.43. The number of carbonyl (C=O) groups is 2. The zero-order chi connectivity index (χ0) is 14.8. The summed E-state index contributed by atoms with van der Waals surface area (Å²) in [5.74, 6) is -0.00272. The summed E-state index contributed by atoms with van der Waals surface area (Å²) < 4.78 is 0. The molecule has 1 aliphatic heterocycles. The molecule has 0 bridgehead atoms. The first-order chi connectivity index (χ1) is 10.1. The Morgan fingerprint density at radius 1 is 1.43 bits per heavy atom. The van der Waals surface area contributed by atoms with Gasteiger partial charge in [0.05, 0.1) is 0 Å². The third-order valence-electron chi connectivity index (χ3n) is 3.48. The molecular formula is C15H15N3O2S. The van der Waals surface area contributed by atoms with Gasteiger partial charge in [0.25, 0.3) is 0 Å². The molecule has 0 radical (unpaired) electrons. The summed E-state index contributed by atoms with van der Waals surface area (Å²) in [6.45, 7) is 2.23. The van der Waals surface area contributed by atoms with Gasteiger partial charge in [-0.05, 0) is 11.6 Å². The van der Waals surface area contributed by atoms with E-state index in [-0.39, 0.29) is 17.6 Å². The van der Waals surface area contributed by atoms with Gasteiger partial charge in [-0.2, -0.15) is 0 Å². The number of thiazole rings is 1. The third-order valence-corrected chi connectivity index (χ3v) is 4.24. The van der Waals surface area contributed by atoms with Crippen molar-refractivity contribution in [2.45, 2.75) is 19.3 Å². The maximum absolute atomic E-state index is 12.1. The number of para-hydroxylation sites is 1. The summed E-state index contributed by atoms with van der Waals surface area (Å²) in [6, 6.07) is 8.03. The average molecular weight is 301 g/mol. The standard InChI is InChI=1S/C15H15N3O2S/c1-9(19)13-8-21-15(17-13)18-14(20)6-10-7-16-12-5-3-2-4-11(10)12/h2-5,8,10,16H,6-7H2,1H3,(H,17,18,20). The summed E-state index contributed by atoms with van der Waals surface area (Å²) >= 11 is 1.27. The quantitative estimate of drug-likeness (QED) is 0.852. The number of nitrogens with zero attached hydrogens (tertiary/aromatic N) is 1. The molecule has 1 aliphatic rings. The summed E-state index contributed by atoms with van der Waals surface area (Å²) in [6.07, 6.45) is 0.402. The van der Waals surface area contributed by atoms with Gasteiger partial charge in [0.15, 0.2) is 10.9 Å². The lowest BCUT2D eigenvalue weighted by Crippen LogP contribution is -2.16. The molecule has 1 aromatic carbocycles. The van der Waals surface area contributed by atoms with E-state index < -0.39 is 0 Å². The first kappa shape index (κ1) is 13.8. The van der Waals surface area contributed by atoms with Crippen LogP contribution in [0.1, 0.15) is 35.3 Å². The van der Waals surface area contributed by atoms with E-state index in [1.165, 1.54) is 23.8 Å². The Kier molecular flexibility index (Phi) is 3.70. The Morgan fingerprint density at radius 2 is 2.24 bits per heavy atom. The van der Waals surface area contributed by atoms with Gasteiger partial charge < -0.3 is 10.6 Å². The van der Waals surface area contributed by atoms with Crippen LogP contribution in [-0.2, 0) is 4.79 Å². The van der Waals surface area contributed by atoms with Gasteiger partial charge in [0.1, 0.15) is 5.69 Å². The molecule has 0 fully saturated rings. The molecule has 5 nitrogen and oxygen atoms in total. The van der Waals surface area contributed by atoms with Crippen molar-refractivity contribution in [3.8, 4) is 0 Å². The van der Waals surface area contributed by atoms with E-state index in [1.54, 1.807) is 5.38 Å². The molecule has 0 spiro atoms. The fraction of sp³-hybridized carbons (Fsp3) is 0.267. The number of amides is 1. The Bertz CT molecular complexity index is 696. The van der Waals surface area contributed by atoms with Crippen molar-refractivity contribution >= 4 is 33.8 Å². The highest BCUT2D eigenvalue weighted by atomic mass is 32.1. The number of hydrogen-bond acceptors (Lipinski definition) is 5. The van der Waals surface area contributed by atoms with Crippen LogP contribution < -0.4 is 10.6 Å². The maximum Gasteiger partial charge on any atom is 0.226 e. The molecular weight excluding hydrogens is 286 g/mol. The van der Waals surface area contributed by atoms with Crippen LogP contribution in [0.25, 0.3) is 0 Å². The second-order valence-electron chi connectivity index (χ2n) is 5.01. The van der Waals surface area contributed by atoms with Gasteiger partial charge in [0, 0.05) is 36.9 Å². The van der Waals surface area contributed by atoms with Gasteiger partial charge in [0.2, 0.25) is 5.91 Å². The van der Waals surface area contributed by atoms with Gasteiger partial charge in [-0.3, -0.25) is 9.59 Å². The summed E-state index contributed by atoms with van der Waals surface area (Å²) in [5.41, 5.74) is 2.67. The van der Waals surface area contributed by atoms with Crippen LogP contribution in [0.4, 0.5) is 10.8 Å². The third kappa shape index (κ3) is 2.95. The van der Waals surface area contributed by atoms with Gasteiger partial charge in [-0.25, -0.2) is 4.98 Å². The molecule has 1 amide bonds. The molecule has 2 heterocycles. The van der Waals surface area contributed by atoms with Crippen molar-refractivity contribution in [2.75, 3.05) is 17.2 Å². The van der Waals surface area contributed by atoms with Crippen molar-refractivity contribution in [1.29, 1.82) is 0 Å². The highest BCUT2D eigenvalue weighted by molar-refractivity contribution is 7.14. The molecule has 0 saturated carbocycles. The predicted octanol–water partition coefficient (Wildman–Crippen LogP) is 2.88. The van der Waals surface area contributed by atoms with E-state index in [1.807, 2.05) is 24.3 Å². The number of nitrogens with one attached hydrogen (secondary N) is 2. The van der Waals surface area contributed by atoms with Crippen molar-refractivity contribution in [1.82, 2.24) is 4.98 Å². The number of anilines is 2. The second kappa shape index (κ2) is 5.65. The summed E-state index contributed by atoms with van der Waals surface area (Å²) in [4.78, 5) is 27.4. The van der Waals surface area contributed by atoms with Crippen LogP contribution in [0.5, 0.6) is 0 Å². The summed E-state index contributed by atoms with van der Waals surface area (Å²) in [5, 5.41) is 8.20. The average Bonchev–Trinajstić information content (AvgIpc) is 3.07. The highest BCUT2D eigenvalue weighted by Crippen LogP contribution is 2.33. The SMILES string of the molecule is CC(=O)c1csc(NC(=O)CC2CNc3ccccc32)n1. The van der Waals surface area contributed by atoms with Crippen LogP contribution in [-0.4, -0.2) is 23.2 Å². The number of hydrogen-bond donors (Lipinski definition) is 2. The number of fused-ring (bicyclic) bond motifs is 1. The topological polar surface area (TPSA) is 71.1 Å². The van der Waals surface area contributed by atoms with E-state index in [2.05, 4.69) is 15.6 Å². The molecule has 1 atom stereocenters. The Balaban J connectivity index is 1.63. The van der Waals surface area contributed by atoms with Crippen LogP contribution in [0.3, 0.4) is 0 Å². The maximum atomic E-state index is 12.1. The van der Waals surface area contributed by atoms with Crippen LogP contribution in [0.2, 0.25) is 0 Å². The Morgan fingerprint density at radius 3 is 3.00 bits per heavy atom. The molecule has 1 unspecified atom stereocenters. The minimum atomic E-state index is -0.0966. The molecule has 0 saturated heterocycles. The lowest BCUT2D eigenvalue weighted by atomic mass is 9.98. The van der Waals surface area contributed by atoms with E-state index >= 15 is 0 Å². The van der Waals surface area contributed by atoms with Crippen molar-refractivity contribution in [3.05, 3.63) is 40.9 Å². The zero-order valence-electron chi connectivity index (χ0n) is 11.6. The van der Waals surface area contributed by atoms with Crippen molar-refractivity contribution < 1.29 is 9.59 Å². The Labute approximate surface area is 126 Å². The molecule has 2 N–H and O–H groups in total. The molecule has 1 aromatic heterocycles. The van der Waals surface area contributed by atoms with Crippen LogP contribution in [0, 0.1) is 0 Å². The van der Waals surface area contributed by atoms with Crippen LogP contribution >= 0.6 is 11.3 Å². The zero-order valence-corrected chi connectivity index (χ0v) is 12.4. The molecule has 3 rings (SSSR count). The van der Waals surface area contributed by atoms with E-state index in [0.29, 0.717) is 17.2 Å². The largest absolute Gasteiger partial charge is 0.384 e. The lowest BCUT2D eigenvalue weighted by Gasteiger charge is -2.09. The molecule has 108 valence electrons. The van der Waals surface area contributed by atoms with Crippen molar-refractivity contribution in [3.63, 3.8) is 0 Å². The first-order valence-electron chi connectivity index (χ1n) is 6.72. The van der Waals surface area contributed by atoms with Gasteiger partial charge in [-0.1, -0.05) is 18.2 Å². The highest BCUT2D eigenvalue weighted by Gasteiger charge is 2.24. The second-order valence-corrected chi connectivity index (χ2v) is 5.87. The minimum absolute atomic E-state index is 0.0806. The molecule has 2 aromatic rings.